The molecule has 0 aliphatic heterocycles. The Bertz CT molecular complexity index is 610. The number of pyridine rings is 1. The second-order valence-electron chi connectivity index (χ2n) is 3.47. The van der Waals surface area contributed by atoms with Gasteiger partial charge in [-0.1, -0.05) is 11.6 Å². The van der Waals surface area contributed by atoms with E-state index in [1.165, 1.54) is 25.7 Å². The van der Waals surface area contributed by atoms with Gasteiger partial charge in [0.15, 0.2) is 0 Å². The fraction of sp³-hybridized carbons (Fsp3) is 0.0833. The molecule has 0 saturated heterocycles. The van der Waals surface area contributed by atoms with Gasteiger partial charge in [-0.15, -0.1) is 11.3 Å². The summed E-state index contributed by atoms with van der Waals surface area (Å²) in [6, 6.07) is 8.68. The average Bonchev–Trinajstić information content (AvgIpc) is 2.56. The van der Waals surface area contributed by atoms with Gasteiger partial charge in [-0.2, -0.15) is 0 Å². The van der Waals surface area contributed by atoms with Crippen molar-refractivity contribution in [3.63, 3.8) is 0 Å². The van der Waals surface area contributed by atoms with Gasteiger partial charge in [0.05, 0.1) is 4.70 Å². The molecule has 0 saturated carbocycles. The van der Waals surface area contributed by atoms with E-state index in [-0.39, 0.29) is 0 Å². The number of nitrogens with zero attached hydrogens (tertiary/aromatic N) is 1. The van der Waals surface area contributed by atoms with Crippen LogP contribution in [0.2, 0.25) is 0 Å². The molecule has 0 bridgehead atoms. The first-order chi connectivity index (χ1) is 6.84. The maximum atomic E-state index is 4.14. The number of hydrogen-bond acceptors (Lipinski definition) is 2. The Balaban J connectivity index is 2.58. The molecule has 3 aromatic rings. The summed E-state index contributed by atoms with van der Waals surface area (Å²) in [5.74, 6) is 0. The number of fused-ring (bicyclic) bond motifs is 3. The quantitative estimate of drug-likeness (QED) is 0.537. The van der Waals surface area contributed by atoms with Gasteiger partial charge in [0.1, 0.15) is 0 Å². The number of aromatic nitrogens is 1. The molecule has 0 fully saturated rings. The normalized spacial score (nSPS) is 11.2. The molecule has 0 spiro atoms. The van der Waals surface area contributed by atoms with Crippen molar-refractivity contribution in [2.75, 3.05) is 0 Å². The van der Waals surface area contributed by atoms with Crippen LogP contribution in [0.5, 0.6) is 0 Å². The number of thiophene rings is 1. The van der Waals surface area contributed by atoms with Gasteiger partial charge in [-0.3, -0.25) is 4.98 Å². The molecule has 0 amide bonds. The van der Waals surface area contributed by atoms with E-state index in [1.807, 2.05) is 23.7 Å². The molecule has 2 heterocycles. The van der Waals surface area contributed by atoms with Gasteiger partial charge in [-0.05, 0) is 25.1 Å². The number of aryl methyl sites for hydroxylation is 1. The largest absolute Gasteiger partial charge is 0.263 e. The van der Waals surface area contributed by atoms with Crippen LogP contribution in [0.4, 0.5) is 0 Å². The molecular formula is C12H9NS. The summed E-state index contributed by atoms with van der Waals surface area (Å²) in [6.45, 7) is 2.13. The molecule has 68 valence electrons. The zero-order valence-electron chi connectivity index (χ0n) is 7.82. The minimum Gasteiger partial charge on any atom is -0.263 e. The van der Waals surface area contributed by atoms with Crippen LogP contribution in [0.1, 0.15) is 5.56 Å². The van der Waals surface area contributed by atoms with E-state index in [2.05, 4.69) is 36.2 Å². The highest BCUT2D eigenvalue weighted by atomic mass is 32.1. The third-order valence-corrected chi connectivity index (χ3v) is 3.55. The number of rotatable bonds is 0. The molecule has 2 aromatic heterocycles. The van der Waals surface area contributed by atoms with Gasteiger partial charge in [0.2, 0.25) is 0 Å². The Morgan fingerprint density at radius 2 is 2.00 bits per heavy atom. The van der Waals surface area contributed by atoms with Crippen molar-refractivity contribution >= 4 is 31.5 Å². The van der Waals surface area contributed by atoms with E-state index in [9.17, 15) is 0 Å². The van der Waals surface area contributed by atoms with Crippen molar-refractivity contribution < 1.29 is 0 Å². The van der Waals surface area contributed by atoms with Gasteiger partial charge in [0, 0.05) is 27.9 Å². The molecule has 0 aliphatic carbocycles. The summed E-state index contributed by atoms with van der Waals surface area (Å²) in [5.41, 5.74) is 1.31. The zero-order valence-corrected chi connectivity index (χ0v) is 8.64. The van der Waals surface area contributed by atoms with Gasteiger partial charge >= 0.3 is 0 Å². The van der Waals surface area contributed by atoms with Crippen molar-refractivity contribution in [2.24, 2.45) is 0 Å². The first-order valence-electron chi connectivity index (χ1n) is 4.57. The Morgan fingerprint density at radius 3 is 2.93 bits per heavy atom. The van der Waals surface area contributed by atoms with Crippen molar-refractivity contribution in [2.45, 2.75) is 6.92 Å². The molecular weight excluding hydrogens is 190 g/mol. The number of benzene rings is 1. The second kappa shape index (κ2) is 2.79. The van der Waals surface area contributed by atoms with Crippen molar-refractivity contribution in [1.82, 2.24) is 4.98 Å². The first-order valence-corrected chi connectivity index (χ1v) is 5.39. The summed E-state index contributed by atoms with van der Waals surface area (Å²) in [7, 11) is 0. The summed E-state index contributed by atoms with van der Waals surface area (Å²) in [6.07, 6.45) is 3.80. The molecule has 0 radical (unpaired) electrons. The smallest absolute Gasteiger partial charge is 0.0538 e. The van der Waals surface area contributed by atoms with Crippen LogP contribution < -0.4 is 0 Å². The molecule has 0 aliphatic rings. The molecule has 0 unspecified atom stereocenters. The summed E-state index contributed by atoms with van der Waals surface area (Å²) >= 11 is 1.81. The Labute approximate surface area is 86.0 Å². The predicted octanol–water partition coefficient (Wildman–Crippen LogP) is 3.76. The van der Waals surface area contributed by atoms with Crippen LogP contribution >= 0.6 is 11.3 Å². The Kier molecular flexibility index (Phi) is 1.58. The predicted molar refractivity (Wildman–Crippen MR) is 61.9 cm³/mol. The van der Waals surface area contributed by atoms with Crippen LogP contribution in [-0.4, -0.2) is 4.98 Å². The van der Waals surface area contributed by atoms with Gasteiger partial charge in [0.25, 0.3) is 0 Å². The van der Waals surface area contributed by atoms with Gasteiger partial charge in [-0.25, -0.2) is 0 Å². The van der Waals surface area contributed by atoms with Crippen LogP contribution in [0.15, 0.2) is 36.7 Å². The highest BCUT2D eigenvalue weighted by Crippen LogP contribution is 2.33. The van der Waals surface area contributed by atoms with Crippen LogP contribution in [-0.2, 0) is 0 Å². The zero-order chi connectivity index (χ0) is 9.54. The van der Waals surface area contributed by atoms with Crippen molar-refractivity contribution in [3.05, 3.63) is 42.2 Å². The molecule has 1 nitrogen and oxygen atoms in total. The minimum absolute atomic E-state index is 1.27. The van der Waals surface area contributed by atoms with Crippen LogP contribution in [0.3, 0.4) is 0 Å². The summed E-state index contributed by atoms with van der Waals surface area (Å²) in [4.78, 5) is 4.14. The lowest BCUT2D eigenvalue weighted by atomic mass is 10.1. The third kappa shape index (κ3) is 1.04. The highest BCUT2D eigenvalue weighted by Gasteiger charge is 2.03. The molecule has 0 N–H and O–H groups in total. The summed E-state index contributed by atoms with van der Waals surface area (Å²) < 4.78 is 2.62. The van der Waals surface area contributed by atoms with E-state index in [0.29, 0.717) is 0 Å². The Hall–Kier alpha value is -1.41. The Morgan fingerprint density at radius 1 is 1.07 bits per heavy atom. The fourth-order valence-corrected chi connectivity index (χ4v) is 2.80. The fourth-order valence-electron chi connectivity index (χ4n) is 1.75. The molecule has 3 rings (SSSR count). The van der Waals surface area contributed by atoms with Gasteiger partial charge < -0.3 is 0 Å². The SMILES string of the molecule is Cc1ccc2sc3cnccc3c2c1. The lowest BCUT2D eigenvalue weighted by Gasteiger charge is -1.92. The maximum absolute atomic E-state index is 4.14. The van der Waals surface area contributed by atoms with E-state index in [0.717, 1.165) is 0 Å². The van der Waals surface area contributed by atoms with E-state index >= 15 is 0 Å². The average molecular weight is 199 g/mol. The standard InChI is InChI=1S/C12H9NS/c1-8-2-3-11-10(6-8)9-4-5-13-7-12(9)14-11/h2-7H,1H3. The molecule has 14 heavy (non-hydrogen) atoms. The van der Waals surface area contributed by atoms with Crippen molar-refractivity contribution in [3.8, 4) is 0 Å². The third-order valence-electron chi connectivity index (χ3n) is 2.43. The lowest BCUT2D eigenvalue weighted by Crippen LogP contribution is -1.70. The highest BCUT2D eigenvalue weighted by molar-refractivity contribution is 7.25. The molecule has 0 atom stereocenters. The number of hydrogen-bond donors (Lipinski definition) is 0. The van der Waals surface area contributed by atoms with E-state index in [4.69, 9.17) is 0 Å². The minimum atomic E-state index is 1.27. The van der Waals surface area contributed by atoms with Crippen LogP contribution in [0, 0.1) is 6.92 Å². The van der Waals surface area contributed by atoms with E-state index < -0.39 is 0 Å². The van der Waals surface area contributed by atoms with Crippen LogP contribution in [0.25, 0.3) is 20.2 Å². The molecule has 1 aromatic carbocycles. The maximum Gasteiger partial charge on any atom is 0.0538 e. The topological polar surface area (TPSA) is 12.9 Å². The lowest BCUT2D eigenvalue weighted by molar-refractivity contribution is 1.37. The van der Waals surface area contributed by atoms with Crippen molar-refractivity contribution in [1.29, 1.82) is 0 Å². The first kappa shape index (κ1) is 7.94. The molecule has 2 heteroatoms. The summed E-state index contributed by atoms with van der Waals surface area (Å²) in [5, 5.41) is 2.68. The van der Waals surface area contributed by atoms with E-state index in [1.54, 1.807) is 0 Å². The second-order valence-corrected chi connectivity index (χ2v) is 4.56. The monoisotopic (exact) mass is 199 g/mol.